The van der Waals surface area contributed by atoms with Gasteiger partial charge >= 0.3 is 6.18 Å². The Morgan fingerprint density at radius 1 is 1.37 bits per heavy atom. The summed E-state index contributed by atoms with van der Waals surface area (Å²) in [6.45, 7) is 3.55. The van der Waals surface area contributed by atoms with Crippen molar-refractivity contribution in [2.24, 2.45) is 5.92 Å². The second-order valence-corrected chi connectivity index (χ2v) is 4.48. The van der Waals surface area contributed by atoms with Crippen LogP contribution in [-0.4, -0.2) is 19.5 Å². The van der Waals surface area contributed by atoms with Gasteiger partial charge < -0.3 is 10.6 Å². The number of rotatable bonds is 4. The Hall–Kier alpha value is -1.56. The van der Waals surface area contributed by atoms with Crippen molar-refractivity contribution in [2.45, 2.75) is 20.0 Å². The van der Waals surface area contributed by atoms with E-state index in [1.54, 1.807) is 14.0 Å². The van der Waals surface area contributed by atoms with Gasteiger partial charge in [0.05, 0.1) is 5.56 Å². The zero-order valence-corrected chi connectivity index (χ0v) is 11.1. The van der Waals surface area contributed by atoms with Crippen LogP contribution < -0.4 is 10.6 Å². The zero-order chi connectivity index (χ0) is 14.6. The van der Waals surface area contributed by atoms with Gasteiger partial charge in [0.1, 0.15) is 0 Å². The van der Waals surface area contributed by atoms with Crippen LogP contribution in [0.4, 0.5) is 18.9 Å². The molecule has 1 amide bonds. The van der Waals surface area contributed by atoms with Crippen molar-refractivity contribution in [3.8, 4) is 0 Å². The number of carbonyl (C=O) groups is 1. The lowest BCUT2D eigenvalue weighted by Crippen LogP contribution is -2.28. The first-order valence-corrected chi connectivity index (χ1v) is 5.89. The molecule has 0 heterocycles. The monoisotopic (exact) mass is 274 g/mol. The number of nitrogens with one attached hydrogen (secondary N) is 2. The van der Waals surface area contributed by atoms with Gasteiger partial charge in [0.2, 0.25) is 5.91 Å². The molecule has 3 nitrogen and oxygen atoms in total. The van der Waals surface area contributed by atoms with Crippen molar-refractivity contribution in [2.75, 3.05) is 18.9 Å². The molecule has 0 aliphatic carbocycles. The Morgan fingerprint density at radius 2 is 2.00 bits per heavy atom. The van der Waals surface area contributed by atoms with Crippen LogP contribution in [0, 0.1) is 12.8 Å². The molecule has 1 unspecified atom stereocenters. The molecule has 0 bridgehead atoms. The first-order valence-electron chi connectivity index (χ1n) is 5.89. The summed E-state index contributed by atoms with van der Waals surface area (Å²) in [4.78, 5) is 11.7. The fourth-order valence-corrected chi connectivity index (χ4v) is 1.67. The standard InChI is InChI=1S/C13H17F3N2O/c1-8-4-5-10(6-11(8)13(14,15)16)18-12(19)9(2)7-17-3/h4-6,9,17H,7H2,1-3H3,(H,18,19). The SMILES string of the molecule is CNCC(C)C(=O)Nc1ccc(C)c(C(F)(F)F)c1. The van der Waals surface area contributed by atoms with E-state index >= 15 is 0 Å². The number of benzene rings is 1. The van der Waals surface area contributed by atoms with E-state index in [1.807, 2.05) is 0 Å². The number of hydrogen-bond donors (Lipinski definition) is 2. The van der Waals surface area contributed by atoms with Crippen molar-refractivity contribution in [1.82, 2.24) is 5.32 Å². The first-order chi connectivity index (χ1) is 8.75. The molecule has 106 valence electrons. The molecule has 0 fully saturated rings. The lowest BCUT2D eigenvalue weighted by Gasteiger charge is -2.15. The second-order valence-electron chi connectivity index (χ2n) is 4.48. The zero-order valence-electron chi connectivity index (χ0n) is 11.1. The Bertz CT molecular complexity index is 458. The smallest absolute Gasteiger partial charge is 0.326 e. The molecular formula is C13H17F3N2O. The molecule has 0 radical (unpaired) electrons. The summed E-state index contributed by atoms with van der Waals surface area (Å²) in [7, 11) is 1.71. The molecule has 1 rings (SSSR count). The molecule has 0 saturated heterocycles. The van der Waals surface area contributed by atoms with E-state index in [0.717, 1.165) is 6.07 Å². The maximum atomic E-state index is 12.7. The van der Waals surface area contributed by atoms with Gasteiger partial charge in [-0.25, -0.2) is 0 Å². The average molecular weight is 274 g/mol. The average Bonchev–Trinajstić information content (AvgIpc) is 2.30. The molecule has 0 aliphatic heterocycles. The maximum absolute atomic E-state index is 12.7. The summed E-state index contributed by atoms with van der Waals surface area (Å²) < 4.78 is 38.2. The van der Waals surface area contributed by atoms with Crippen LogP contribution in [0.3, 0.4) is 0 Å². The number of halogens is 3. The lowest BCUT2D eigenvalue weighted by molar-refractivity contribution is -0.138. The van der Waals surface area contributed by atoms with Crippen LogP contribution in [-0.2, 0) is 11.0 Å². The highest BCUT2D eigenvalue weighted by Gasteiger charge is 2.32. The van der Waals surface area contributed by atoms with E-state index in [4.69, 9.17) is 0 Å². The summed E-state index contributed by atoms with van der Waals surface area (Å²) in [6, 6.07) is 3.77. The van der Waals surface area contributed by atoms with Gasteiger partial charge in [-0.15, -0.1) is 0 Å². The molecule has 2 N–H and O–H groups in total. The summed E-state index contributed by atoms with van der Waals surface area (Å²) in [5.74, 6) is -0.632. The summed E-state index contributed by atoms with van der Waals surface area (Å²) in [5, 5.41) is 5.33. The van der Waals surface area contributed by atoms with Crippen molar-refractivity contribution >= 4 is 11.6 Å². The Kier molecular flexibility index (Phi) is 4.94. The second kappa shape index (κ2) is 6.06. The van der Waals surface area contributed by atoms with Gasteiger partial charge in [-0.2, -0.15) is 13.2 Å². The van der Waals surface area contributed by atoms with E-state index in [1.165, 1.54) is 19.1 Å². The fraction of sp³-hybridized carbons (Fsp3) is 0.462. The van der Waals surface area contributed by atoms with Crippen LogP contribution >= 0.6 is 0 Å². The van der Waals surface area contributed by atoms with E-state index in [2.05, 4.69) is 10.6 Å². The van der Waals surface area contributed by atoms with E-state index < -0.39 is 11.7 Å². The van der Waals surface area contributed by atoms with Gasteiger partial charge in [-0.1, -0.05) is 13.0 Å². The molecule has 0 aromatic heterocycles. The summed E-state index contributed by atoms with van der Waals surface area (Å²) >= 11 is 0. The maximum Gasteiger partial charge on any atom is 0.416 e. The molecule has 0 spiro atoms. The number of alkyl halides is 3. The summed E-state index contributed by atoms with van der Waals surface area (Å²) in [5.41, 5.74) is -0.439. The van der Waals surface area contributed by atoms with Crippen molar-refractivity contribution < 1.29 is 18.0 Å². The molecule has 19 heavy (non-hydrogen) atoms. The highest BCUT2D eigenvalue weighted by atomic mass is 19.4. The van der Waals surface area contributed by atoms with Crippen LogP contribution in [0.1, 0.15) is 18.1 Å². The number of amides is 1. The molecule has 0 aliphatic rings. The van der Waals surface area contributed by atoms with Gasteiger partial charge in [0, 0.05) is 18.2 Å². The first kappa shape index (κ1) is 15.5. The predicted octanol–water partition coefficient (Wildman–Crippen LogP) is 2.81. The van der Waals surface area contributed by atoms with Crippen LogP contribution in [0.5, 0.6) is 0 Å². The topological polar surface area (TPSA) is 41.1 Å². The normalized spacial score (nSPS) is 13.2. The van der Waals surface area contributed by atoms with Crippen LogP contribution in [0.2, 0.25) is 0 Å². The minimum Gasteiger partial charge on any atom is -0.326 e. The molecule has 1 aromatic rings. The predicted molar refractivity (Wildman–Crippen MR) is 67.9 cm³/mol. The van der Waals surface area contributed by atoms with Crippen molar-refractivity contribution in [3.05, 3.63) is 29.3 Å². The number of aryl methyl sites for hydroxylation is 1. The number of carbonyl (C=O) groups excluding carboxylic acids is 1. The quantitative estimate of drug-likeness (QED) is 0.886. The highest BCUT2D eigenvalue weighted by molar-refractivity contribution is 5.92. The van der Waals surface area contributed by atoms with Crippen LogP contribution in [0.15, 0.2) is 18.2 Å². The van der Waals surface area contributed by atoms with Crippen molar-refractivity contribution in [3.63, 3.8) is 0 Å². The molecule has 6 heteroatoms. The highest BCUT2D eigenvalue weighted by Crippen LogP contribution is 2.33. The lowest BCUT2D eigenvalue weighted by atomic mass is 10.1. The minimum atomic E-state index is -4.42. The molecule has 0 saturated carbocycles. The third-order valence-electron chi connectivity index (χ3n) is 2.77. The molecule has 1 aromatic carbocycles. The van der Waals surface area contributed by atoms with E-state index in [9.17, 15) is 18.0 Å². The third kappa shape index (κ3) is 4.24. The van der Waals surface area contributed by atoms with Gasteiger partial charge in [0.15, 0.2) is 0 Å². The fourth-order valence-electron chi connectivity index (χ4n) is 1.67. The minimum absolute atomic E-state index is 0.133. The summed E-state index contributed by atoms with van der Waals surface area (Å²) in [6.07, 6.45) is -4.42. The molecular weight excluding hydrogens is 257 g/mol. The number of anilines is 1. The third-order valence-corrected chi connectivity index (χ3v) is 2.77. The van der Waals surface area contributed by atoms with E-state index in [0.29, 0.717) is 6.54 Å². The Morgan fingerprint density at radius 3 is 2.53 bits per heavy atom. The van der Waals surface area contributed by atoms with Gasteiger partial charge in [0.25, 0.3) is 0 Å². The largest absolute Gasteiger partial charge is 0.416 e. The van der Waals surface area contributed by atoms with Gasteiger partial charge in [-0.05, 0) is 31.7 Å². The Labute approximate surface area is 110 Å². The van der Waals surface area contributed by atoms with Crippen LogP contribution in [0.25, 0.3) is 0 Å². The van der Waals surface area contributed by atoms with E-state index in [-0.39, 0.29) is 23.1 Å². The van der Waals surface area contributed by atoms with Crippen molar-refractivity contribution in [1.29, 1.82) is 0 Å². The Balaban J connectivity index is 2.89. The van der Waals surface area contributed by atoms with Gasteiger partial charge in [-0.3, -0.25) is 4.79 Å². The number of hydrogen-bond acceptors (Lipinski definition) is 2. The molecule has 1 atom stereocenters.